The van der Waals surface area contributed by atoms with Gasteiger partial charge in [-0.15, -0.1) is 0 Å². The van der Waals surface area contributed by atoms with E-state index in [1.54, 1.807) is 12.1 Å². The van der Waals surface area contributed by atoms with Gasteiger partial charge in [0, 0.05) is 36.7 Å². The molecule has 0 spiro atoms. The van der Waals surface area contributed by atoms with Gasteiger partial charge in [0.05, 0.1) is 5.56 Å². The van der Waals surface area contributed by atoms with E-state index in [-0.39, 0.29) is 11.0 Å². The van der Waals surface area contributed by atoms with Crippen LogP contribution < -0.4 is 10.6 Å². The van der Waals surface area contributed by atoms with Crippen LogP contribution in [-0.2, 0) is 0 Å². The van der Waals surface area contributed by atoms with Gasteiger partial charge in [0.2, 0.25) is 0 Å². The highest BCUT2D eigenvalue weighted by atomic mass is 16.4. The van der Waals surface area contributed by atoms with Gasteiger partial charge in [-0.25, -0.2) is 9.78 Å². The fourth-order valence-corrected chi connectivity index (χ4v) is 3.83. The molecule has 1 heterocycles. The highest BCUT2D eigenvalue weighted by Gasteiger charge is 2.42. The molecule has 26 heavy (non-hydrogen) atoms. The number of aromatic nitrogens is 1. The molecule has 1 aromatic carbocycles. The summed E-state index contributed by atoms with van der Waals surface area (Å²) in [6.07, 6.45) is 6.37. The number of rotatable bonds is 8. The van der Waals surface area contributed by atoms with Crippen LogP contribution in [0.4, 0.5) is 5.82 Å². The maximum absolute atomic E-state index is 10.9. The zero-order valence-corrected chi connectivity index (χ0v) is 14.8. The second-order valence-corrected chi connectivity index (χ2v) is 7.68. The van der Waals surface area contributed by atoms with Gasteiger partial charge in [0.25, 0.3) is 0 Å². The number of hydrogen-bond acceptors (Lipinski definition) is 4. The number of carbonyl (C=O) groups is 1. The molecule has 2 saturated carbocycles. The fraction of sp³-hybridized carbons (Fsp3) is 0.429. The number of hydrogen-bond donors (Lipinski definition) is 3. The van der Waals surface area contributed by atoms with Gasteiger partial charge in [-0.1, -0.05) is 36.8 Å². The summed E-state index contributed by atoms with van der Waals surface area (Å²) < 4.78 is 0. The molecule has 2 atom stereocenters. The van der Waals surface area contributed by atoms with E-state index >= 15 is 0 Å². The van der Waals surface area contributed by atoms with Crippen molar-refractivity contribution in [2.75, 3.05) is 18.4 Å². The summed E-state index contributed by atoms with van der Waals surface area (Å²) in [5.74, 6) is 0.461. The SMILES string of the molecule is O=C(O)c1ccc(NCC2(CN[C@H]3CC3c3ccccc3)CCC2)nc1. The summed E-state index contributed by atoms with van der Waals surface area (Å²) in [5.41, 5.74) is 1.95. The molecule has 2 aliphatic carbocycles. The first-order valence-electron chi connectivity index (χ1n) is 9.37. The van der Waals surface area contributed by atoms with Crippen molar-refractivity contribution in [2.24, 2.45) is 5.41 Å². The van der Waals surface area contributed by atoms with Crippen molar-refractivity contribution in [3.63, 3.8) is 0 Å². The van der Waals surface area contributed by atoms with Crippen LogP contribution in [-0.4, -0.2) is 35.2 Å². The number of nitrogens with zero attached hydrogens (tertiary/aromatic N) is 1. The molecule has 0 saturated heterocycles. The molecule has 5 heteroatoms. The van der Waals surface area contributed by atoms with E-state index in [2.05, 4.69) is 45.9 Å². The van der Waals surface area contributed by atoms with Gasteiger partial charge in [-0.2, -0.15) is 0 Å². The first kappa shape index (κ1) is 17.0. The van der Waals surface area contributed by atoms with Crippen molar-refractivity contribution in [3.8, 4) is 0 Å². The second kappa shape index (κ2) is 7.08. The molecule has 3 N–H and O–H groups in total. The van der Waals surface area contributed by atoms with Gasteiger partial charge in [0.1, 0.15) is 5.82 Å². The number of pyridine rings is 1. The zero-order chi connectivity index (χ0) is 18.0. The van der Waals surface area contributed by atoms with E-state index in [1.807, 2.05) is 0 Å². The molecule has 1 unspecified atom stereocenters. The van der Waals surface area contributed by atoms with E-state index in [0.717, 1.165) is 18.9 Å². The van der Waals surface area contributed by atoms with Crippen LogP contribution >= 0.6 is 0 Å². The predicted molar refractivity (Wildman–Crippen MR) is 102 cm³/mol. The average molecular weight is 351 g/mol. The minimum Gasteiger partial charge on any atom is -0.478 e. The van der Waals surface area contributed by atoms with Crippen molar-refractivity contribution in [1.29, 1.82) is 0 Å². The monoisotopic (exact) mass is 351 g/mol. The lowest BCUT2D eigenvalue weighted by Gasteiger charge is -2.42. The van der Waals surface area contributed by atoms with Crippen LogP contribution in [0.1, 0.15) is 47.5 Å². The van der Waals surface area contributed by atoms with Crippen molar-refractivity contribution in [2.45, 2.75) is 37.6 Å². The van der Waals surface area contributed by atoms with Crippen molar-refractivity contribution in [1.82, 2.24) is 10.3 Å². The molecule has 0 radical (unpaired) electrons. The summed E-state index contributed by atoms with van der Waals surface area (Å²) in [6, 6.07) is 14.7. The van der Waals surface area contributed by atoms with E-state index in [1.165, 1.54) is 37.4 Å². The average Bonchev–Trinajstić information content (AvgIpc) is 3.41. The molecule has 2 fully saturated rings. The Bertz CT molecular complexity index is 757. The molecule has 0 bridgehead atoms. The summed E-state index contributed by atoms with van der Waals surface area (Å²) >= 11 is 0. The Balaban J connectivity index is 1.27. The third kappa shape index (κ3) is 3.73. The van der Waals surface area contributed by atoms with Crippen LogP contribution in [0.25, 0.3) is 0 Å². The Hall–Kier alpha value is -2.40. The third-order valence-electron chi connectivity index (χ3n) is 5.83. The van der Waals surface area contributed by atoms with Gasteiger partial charge in [-0.3, -0.25) is 0 Å². The van der Waals surface area contributed by atoms with Crippen LogP contribution in [0.5, 0.6) is 0 Å². The number of carboxylic acids is 1. The maximum atomic E-state index is 10.9. The number of aromatic carboxylic acids is 1. The van der Waals surface area contributed by atoms with Crippen LogP contribution in [0, 0.1) is 5.41 Å². The highest BCUT2D eigenvalue weighted by Crippen LogP contribution is 2.44. The molecular formula is C21H25N3O2. The standard InChI is InChI=1S/C21H25N3O2/c25-20(26)16-7-8-19(22-12-16)24-14-21(9-4-10-21)13-23-18-11-17(18)15-5-2-1-3-6-15/h1-3,5-8,12,17-18,23H,4,9-11,13-14H2,(H,22,24)(H,25,26)/t17?,18-/m0/s1. The molecule has 2 aliphatic rings. The molecule has 0 amide bonds. The second-order valence-electron chi connectivity index (χ2n) is 7.68. The topological polar surface area (TPSA) is 74.2 Å². The lowest BCUT2D eigenvalue weighted by atomic mass is 9.68. The summed E-state index contributed by atoms with van der Waals surface area (Å²) in [6.45, 7) is 1.91. The molecule has 136 valence electrons. The number of benzene rings is 1. The Morgan fingerprint density at radius 1 is 1.15 bits per heavy atom. The van der Waals surface area contributed by atoms with Gasteiger partial charge in [0.15, 0.2) is 0 Å². The quantitative estimate of drug-likeness (QED) is 0.679. The number of nitrogens with one attached hydrogen (secondary N) is 2. The number of anilines is 1. The maximum Gasteiger partial charge on any atom is 0.337 e. The Morgan fingerprint density at radius 2 is 1.96 bits per heavy atom. The zero-order valence-electron chi connectivity index (χ0n) is 14.8. The lowest BCUT2D eigenvalue weighted by molar-refractivity contribution is 0.0696. The Labute approximate surface area is 153 Å². The van der Waals surface area contributed by atoms with Gasteiger partial charge in [-0.05, 0) is 37.0 Å². The third-order valence-corrected chi connectivity index (χ3v) is 5.83. The molecule has 5 nitrogen and oxygen atoms in total. The minimum atomic E-state index is -0.943. The minimum absolute atomic E-state index is 0.219. The molecule has 2 aromatic rings. The van der Waals surface area contributed by atoms with Crippen LogP contribution in [0.2, 0.25) is 0 Å². The Morgan fingerprint density at radius 3 is 2.58 bits per heavy atom. The summed E-state index contributed by atoms with van der Waals surface area (Å²) in [7, 11) is 0. The van der Waals surface area contributed by atoms with Crippen molar-refractivity contribution < 1.29 is 9.90 Å². The van der Waals surface area contributed by atoms with Gasteiger partial charge >= 0.3 is 5.97 Å². The molecule has 0 aliphatic heterocycles. The smallest absolute Gasteiger partial charge is 0.337 e. The fourth-order valence-electron chi connectivity index (χ4n) is 3.83. The molecule has 4 rings (SSSR count). The molecular weight excluding hydrogens is 326 g/mol. The van der Waals surface area contributed by atoms with Crippen LogP contribution in [0.15, 0.2) is 48.7 Å². The van der Waals surface area contributed by atoms with E-state index in [4.69, 9.17) is 5.11 Å². The normalized spacial score (nSPS) is 23.1. The largest absolute Gasteiger partial charge is 0.478 e. The van der Waals surface area contributed by atoms with E-state index in [9.17, 15) is 4.79 Å². The van der Waals surface area contributed by atoms with E-state index < -0.39 is 5.97 Å². The summed E-state index contributed by atoms with van der Waals surface area (Å²) in [5, 5.41) is 16.1. The van der Waals surface area contributed by atoms with E-state index in [0.29, 0.717) is 12.0 Å². The van der Waals surface area contributed by atoms with Crippen molar-refractivity contribution in [3.05, 3.63) is 59.8 Å². The lowest BCUT2D eigenvalue weighted by Crippen LogP contribution is -2.45. The first-order valence-corrected chi connectivity index (χ1v) is 9.37. The Kier molecular flexibility index (Phi) is 4.64. The van der Waals surface area contributed by atoms with Gasteiger partial charge < -0.3 is 15.7 Å². The first-order chi connectivity index (χ1) is 12.7. The number of carboxylic acid groups (broad SMARTS) is 1. The summed E-state index contributed by atoms with van der Waals surface area (Å²) in [4.78, 5) is 15.1. The van der Waals surface area contributed by atoms with Crippen molar-refractivity contribution >= 4 is 11.8 Å². The highest BCUT2D eigenvalue weighted by molar-refractivity contribution is 5.87. The van der Waals surface area contributed by atoms with Crippen LogP contribution in [0.3, 0.4) is 0 Å². The predicted octanol–water partition coefficient (Wildman–Crippen LogP) is 3.51. The molecule has 1 aromatic heterocycles.